The molecule has 0 aromatic carbocycles. The molecule has 56 heavy (non-hydrogen) atoms. The van der Waals surface area contributed by atoms with Crippen molar-refractivity contribution < 1.29 is 34.1 Å². The lowest BCUT2D eigenvalue weighted by Gasteiger charge is -2.72. The minimum Gasteiger partial charge on any atom is -0.481 e. The van der Waals surface area contributed by atoms with Crippen LogP contribution in [-0.2, 0) is 30.5 Å². The maximum absolute atomic E-state index is 14.2. The lowest BCUT2D eigenvalue weighted by Crippen LogP contribution is -2.66. The molecule has 0 saturated heterocycles. The molecule has 4 fully saturated rings. The summed E-state index contributed by atoms with van der Waals surface area (Å²) in [6.45, 7) is 20.3. The van der Waals surface area contributed by atoms with Crippen molar-refractivity contribution in [1.29, 1.82) is 0 Å². The normalized spacial score (nSPS) is 35.6. The molecule has 5 aliphatic rings. The molecule has 10 heteroatoms. The van der Waals surface area contributed by atoms with Crippen LogP contribution >= 0.6 is 0 Å². The second-order valence-electron chi connectivity index (χ2n) is 20.7. The molecule has 310 valence electrons. The SMILES string of the molecule is CNC(=O)CN(Cc1ccccn1)CC(O)C12CC[C@]3(C)[C@H](CC[C@@H]4[C@@]5(C)CC[C@H](OC(=O)CC(C)(C)C(=O)O)C(C)(C)[C@@H]5CC[C@]43C)C1=C(C(C)C)C(=O)C2. The number of esters is 1. The van der Waals surface area contributed by atoms with Gasteiger partial charge in [-0.3, -0.25) is 29.1 Å². The molecule has 9 atom stereocenters. The number of aliphatic carboxylic acids is 1. The molecule has 1 heterocycles. The summed E-state index contributed by atoms with van der Waals surface area (Å²) in [7, 11) is 1.63. The molecule has 0 bridgehead atoms. The molecule has 3 N–H and O–H groups in total. The van der Waals surface area contributed by atoms with Gasteiger partial charge in [0, 0.05) is 43.6 Å². The number of nitrogens with one attached hydrogen (secondary N) is 1. The van der Waals surface area contributed by atoms with E-state index >= 15 is 0 Å². The van der Waals surface area contributed by atoms with Gasteiger partial charge in [0.2, 0.25) is 5.91 Å². The smallest absolute Gasteiger partial charge is 0.309 e. The second kappa shape index (κ2) is 14.9. The number of rotatable bonds is 12. The van der Waals surface area contributed by atoms with E-state index in [-0.39, 0.29) is 70.8 Å². The Kier molecular flexibility index (Phi) is 11.3. The van der Waals surface area contributed by atoms with Gasteiger partial charge in [-0.05, 0) is 123 Å². The number of pyridine rings is 1. The van der Waals surface area contributed by atoms with Crippen molar-refractivity contribution in [1.82, 2.24) is 15.2 Å². The Labute approximate surface area is 335 Å². The summed E-state index contributed by atoms with van der Waals surface area (Å²) < 4.78 is 6.17. The summed E-state index contributed by atoms with van der Waals surface area (Å²) >= 11 is 0. The number of ketones is 1. The van der Waals surface area contributed by atoms with Crippen LogP contribution in [0.15, 0.2) is 35.5 Å². The molecule has 1 aromatic rings. The van der Waals surface area contributed by atoms with Gasteiger partial charge in [0.25, 0.3) is 0 Å². The fourth-order valence-corrected chi connectivity index (χ4v) is 13.5. The number of carboxylic acids is 1. The Morgan fingerprint density at radius 2 is 1.70 bits per heavy atom. The number of aromatic nitrogens is 1. The van der Waals surface area contributed by atoms with E-state index < -0.39 is 28.9 Å². The van der Waals surface area contributed by atoms with E-state index in [0.717, 1.165) is 62.6 Å². The maximum atomic E-state index is 14.2. The van der Waals surface area contributed by atoms with Gasteiger partial charge in [-0.25, -0.2) is 0 Å². The average Bonchev–Trinajstić information content (AvgIpc) is 3.43. The summed E-state index contributed by atoms with van der Waals surface area (Å²) in [5, 5.41) is 24.9. The highest BCUT2D eigenvalue weighted by atomic mass is 16.5. The number of Topliss-reactive ketones (excluding diaryl/α,β-unsaturated/α-hetero) is 1. The van der Waals surface area contributed by atoms with E-state index in [0.29, 0.717) is 24.8 Å². The Morgan fingerprint density at radius 3 is 2.32 bits per heavy atom. The van der Waals surface area contributed by atoms with E-state index in [2.05, 4.69) is 58.8 Å². The van der Waals surface area contributed by atoms with Crippen LogP contribution in [0.2, 0.25) is 0 Å². The molecular formula is C46H69N3O7. The van der Waals surface area contributed by atoms with Crippen molar-refractivity contribution in [2.24, 2.45) is 56.2 Å². The number of hydrogen-bond acceptors (Lipinski definition) is 8. The van der Waals surface area contributed by atoms with Gasteiger partial charge in [-0.2, -0.15) is 0 Å². The van der Waals surface area contributed by atoms with Gasteiger partial charge < -0.3 is 20.3 Å². The summed E-state index contributed by atoms with van der Waals surface area (Å²) in [5.41, 5.74) is 0.769. The highest BCUT2D eigenvalue weighted by Gasteiger charge is 2.71. The first kappa shape index (κ1) is 42.5. The van der Waals surface area contributed by atoms with E-state index in [1.165, 1.54) is 5.57 Å². The standard InChI is InChI=1S/C46H69N3O7/c1-28(2)38-31(50)23-46(34(51)26-49(27-36(52)47-10)25-29-13-11-12-22-48-29)21-20-44(8)30(39(38)46)14-15-33-43(7)18-17-35(56-37(53)24-41(3,4)40(54)55)42(5,6)32(43)16-19-45(33,44)9/h11-13,22,28,30,32-35,51H,14-21,23-27H2,1-10H3,(H,47,52)(H,54,55)/t30-,32+,33-,34?,35+,43+,44-,45-,46?/m1/s1. The van der Waals surface area contributed by atoms with Crippen LogP contribution in [0.5, 0.6) is 0 Å². The number of carbonyl (C=O) groups is 4. The van der Waals surface area contributed by atoms with Crippen LogP contribution in [0.4, 0.5) is 0 Å². The zero-order chi connectivity index (χ0) is 41.2. The molecule has 1 aromatic heterocycles. The molecule has 4 saturated carbocycles. The lowest BCUT2D eigenvalue weighted by molar-refractivity contribution is -0.235. The van der Waals surface area contributed by atoms with Gasteiger partial charge in [0.05, 0.1) is 30.2 Å². The van der Waals surface area contributed by atoms with Gasteiger partial charge in [0.1, 0.15) is 6.10 Å². The second-order valence-corrected chi connectivity index (χ2v) is 20.7. The topological polar surface area (TPSA) is 146 Å². The number of carboxylic acid groups (broad SMARTS) is 1. The number of nitrogens with zero attached hydrogens (tertiary/aromatic N) is 2. The number of ether oxygens (including phenoxy) is 1. The third kappa shape index (κ3) is 6.86. The molecule has 10 nitrogen and oxygen atoms in total. The average molecular weight is 776 g/mol. The number of aliphatic hydroxyl groups excluding tert-OH is 1. The molecular weight excluding hydrogens is 707 g/mol. The number of aliphatic hydroxyl groups is 1. The van der Waals surface area contributed by atoms with Crippen LogP contribution in [0.3, 0.4) is 0 Å². The van der Waals surface area contributed by atoms with Crippen molar-refractivity contribution >= 4 is 23.6 Å². The van der Waals surface area contributed by atoms with Crippen molar-refractivity contribution in [3.8, 4) is 0 Å². The summed E-state index contributed by atoms with van der Waals surface area (Å²) in [4.78, 5) is 58.4. The van der Waals surface area contributed by atoms with E-state index in [1.54, 1.807) is 27.1 Å². The third-order valence-corrected chi connectivity index (χ3v) is 16.7. The highest BCUT2D eigenvalue weighted by molar-refractivity contribution is 6.00. The first-order chi connectivity index (χ1) is 26.1. The molecule has 0 spiro atoms. The number of fused-ring (bicyclic) bond motifs is 7. The van der Waals surface area contributed by atoms with Crippen LogP contribution in [0.1, 0.15) is 132 Å². The summed E-state index contributed by atoms with van der Waals surface area (Å²) in [5.74, 6) is -0.408. The van der Waals surface area contributed by atoms with E-state index in [4.69, 9.17) is 4.74 Å². The predicted molar refractivity (Wildman–Crippen MR) is 215 cm³/mol. The fourth-order valence-electron chi connectivity index (χ4n) is 13.5. The predicted octanol–water partition coefficient (Wildman–Crippen LogP) is 7.38. The number of hydrogen-bond donors (Lipinski definition) is 3. The van der Waals surface area contributed by atoms with Crippen LogP contribution in [-0.4, -0.2) is 76.1 Å². The maximum Gasteiger partial charge on any atom is 0.309 e. The number of carbonyl (C=O) groups excluding carboxylic acids is 3. The largest absolute Gasteiger partial charge is 0.481 e. The quantitative estimate of drug-likeness (QED) is 0.185. The Bertz CT molecular complexity index is 1740. The minimum atomic E-state index is -1.18. The zero-order valence-corrected chi connectivity index (χ0v) is 35.8. The van der Waals surface area contributed by atoms with Crippen LogP contribution in [0, 0.1) is 56.2 Å². The van der Waals surface area contributed by atoms with E-state index in [9.17, 15) is 29.4 Å². The molecule has 5 aliphatic carbocycles. The molecule has 0 radical (unpaired) electrons. The van der Waals surface area contributed by atoms with Gasteiger partial charge in [0.15, 0.2) is 5.78 Å². The van der Waals surface area contributed by atoms with Crippen molar-refractivity contribution in [3.05, 3.63) is 41.2 Å². The van der Waals surface area contributed by atoms with Crippen molar-refractivity contribution in [2.75, 3.05) is 20.1 Å². The number of amides is 1. The van der Waals surface area contributed by atoms with Crippen molar-refractivity contribution in [3.63, 3.8) is 0 Å². The molecule has 0 aliphatic heterocycles. The van der Waals surface area contributed by atoms with Gasteiger partial charge in [-0.1, -0.05) is 60.1 Å². The molecule has 6 rings (SSSR count). The van der Waals surface area contributed by atoms with Gasteiger partial charge in [-0.15, -0.1) is 0 Å². The zero-order valence-electron chi connectivity index (χ0n) is 35.8. The lowest BCUT2D eigenvalue weighted by atomic mass is 9.33. The number of allylic oxidation sites excluding steroid dienone is 1. The first-order valence-corrected chi connectivity index (χ1v) is 21.3. The Morgan fingerprint density at radius 1 is 0.982 bits per heavy atom. The van der Waals surface area contributed by atoms with Crippen molar-refractivity contribution in [2.45, 2.75) is 145 Å². The molecule has 1 amide bonds. The first-order valence-electron chi connectivity index (χ1n) is 21.3. The highest BCUT2D eigenvalue weighted by Crippen LogP contribution is 2.77. The third-order valence-electron chi connectivity index (χ3n) is 16.7. The van der Waals surface area contributed by atoms with Gasteiger partial charge >= 0.3 is 11.9 Å². The Balaban J connectivity index is 1.29. The van der Waals surface area contributed by atoms with E-state index in [1.807, 2.05) is 23.1 Å². The minimum absolute atomic E-state index is 0.00562. The monoisotopic (exact) mass is 776 g/mol. The Hall–Kier alpha value is -3.11. The molecule has 2 unspecified atom stereocenters. The van der Waals surface area contributed by atoms with Crippen LogP contribution in [0.25, 0.3) is 0 Å². The van der Waals surface area contributed by atoms with Crippen LogP contribution < -0.4 is 5.32 Å². The number of likely N-dealkylation sites (N-methyl/N-ethyl adjacent to an activating group) is 1. The summed E-state index contributed by atoms with van der Waals surface area (Å²) in [6, 6.07) is 5.74. The summed E-state index contributed by atoms with van der Waals surface area (Å²) in [6.07, 6.45) is 8.22. The fraction of sp³-hybridized carbons (Fsp3) is 0.761.